The Morgan fingerprint density at radius 3 is 3.00 bits per heavy atom. The molecule has 6 nitrogen and oxygen atoms in total. The van der Waals surface area contributed by atoms with Gasteiger partial charge in [0.25, 0.3) is 0 Å². The summed E-state index contributed by atoms with van der Waals surface area (Å²) in [5.41, 5.74) is 1.38. The van der Waals surface area contributed by atoms with Gasteiger partial charge in [0, 0.05) is 10.6 Å². The van der Waals surface area contributed by atoms with Crippen LogP contribution in [0.25, 0.3) is 11.3 Å². The Bertz CT molecular complexity index is 751. The molecule has 0 saturated heterocycles. The van der Waals surface area contributed by atoms with Crippen molar-refractivity contribution in [2.24, 2.45) is 0 Å². The van der Waals surface area contributed by atoms with Gasteiger partial charge in [-0.1, -0.05) is 28.9 Å². The maximum absolute atomic E-state index is 9.41. The Morgan fingerprint density at radius 2 is 2.29 bits per heavy atom. The van der Waals surface area contributed by atoms with Gasteiger partial charge >= 0.3 is 0 Å². The van der Waals surface area contributed by atoms with Crippen LogP contribution in [0.2, 0.25) is 5.02 Å². The lowest BCUT2D eigenvalue weighted by Gasteiger charge is -1.98. The minimum absolute atomic E-state index is 0.348. The summed E-state index contributed by atoms with van der Waals surface area (Å²) in [5, 5.41) is 17.8. The Balaban J connectivity index is 1.78. The third kappa shape index (κ3) is 3.12. The van der Waals surface area contributed by atoms with E-state index in [1.807, 2.05) is 18.2 Å². The van der Waals surface area contributed by atoms with Gasteiger partial charge in [-0.05, 0) is 19.1 Å². The van der Waals surface area contributed by atoms with Crippen molar-refractivity contribution in [3.05, 3.63) is 53.3 Å². The van der Waals surface area contributed by atoms with Crippen LogP contribution in [-0.2, 0) is 6.54 Å². The fourth-order valence-electron chi connectivity index (χ4n) is 1.88. The highest BCUT2D eigenvalue weighted by molar-refractivity contribution is 6.30. The van der Waals surface area contributed by atoms with E-state index in [4.69, 9.17) is 16.0 Å². The Hall–Kier alpha value is -2.18. The second-order valence-electron chi connectivity index (χ2n) is 4.65. The number of rotatable bonds is 4. The topological polar surface area (TPSA) is 77.0 Å². The summed E-state index contributed by atoms with van der Waals surface area (Å²) < 4.78 is 7.24. The van der Waals surface area contributed by atoms with Crippen LogP contribution in [0, 0.1) is 0 Å². The first-order valence-electron chi connectivity index (χ1n) is 6.40. The van der Waals surface area contributed by atoms with Gasteiger partial charge in [0.1, 0.15) is 12.2 Å². The van der Waals surface area contributed by atoms with Gasteiger partial charge in [0.05, 0.1) is 18.5 Å². The van der Waals surface area contributed by atoms with Crippen molar-refractivity contribution in [2.75, 3.05) is 0 Å². The van der Waals surface area contributed by atoms with E-state index < -0.39 is 6.10 Å². The summed E-state index contributed by atoms with van der Waals surface area (Å²) in [7, 11) is 0. The quantitative estimate of drug-likeness (QED) is 0.802. The van der Waals surface area contributed by atoms with E-state index in [0.717, 1.165) is 5.56 Å². The fraction of sp³-hybridized carbons (Fsp3) is 0.214. The highest BCUT2D eigenvalue weighted by Gasteiger charge is 2.10. The van der Waals surface area contributed by atoms with Crippen LogP contribution in [0.5, 0.6) is 0 Å². The summed E-state index contributed by atoms with van der Waals surface area (Å²) in [6.07, 6.45) is 2.66. The summed E-state index contributed by atoms with van der Waals surface area (Å²) in [6.45, 7) is 1.98. The predicted octanol–water partition coefficient (Wildman–Crippen LogP) is 2.69. The molecule has 0 aliphatic heterocycles. The van der Waals surface area contributed by atoms with Gasteiger partial charge in [-0.3, -0.25) is 0 Å². The number of aliphatic hydroxyl groups is 1. The molecule has 3 rings (SSSR count). The molecule has 1 aromatic carbocycles. The van der Waals surface area contributed by atoms with Crippen LogP contribution in [0.3, 0.4) is 0 Å². The SMILES string of the molecule is CC(O)c1cn(Cc2ncc(-c3cccc(Cl)c3)o2)nn1. The summed E-state index contributed by atoms with van der Waals surface area (Å²) >= 11 is 5.96. The fourth-order valence-corrected chi connectivity index (χ4v) is 2.07. The maximum Gasteiger partial charge on any atom is 0.216 e. The number of aliphatic hydroxyl groups excluding tert-OH is 1. The minimum atomic E-state index is -0.648. The molecule has 1 N–H and O–H groups in total. The number of aromatic nitrogens is 4. The second kappa shape index (κ2) is 5.67. The minimum Gasteiger partial charge on any atom is -0.439 e. The highest BCUT2D eigenvalue weighted by Crippen LogP contribution is 2.23. The lowest BCUT2D eigenvalue weighted by Crippen LogP contribution is -2.00. The summed E-state index contributed by atoms with van der Waals surface area (Å²) in [4.78, 5) is 4.21. The number of benzene rings is 1. The van der Waals surface area contributed by atoms with Crippen molar-refractivity contribution in [3.8, 4) is 11.3 Å². The lowest BCUT2D eigenvalue weighted by molar-refractivity contribution is 0.194. The molecule has 0 amide bonds. The standard InChI is InChI=1S/C14H13ClN4O2/c1-9(20)12-7-19(18-17-12)8-14-16-6-13(21-14)10-3-2-4-11(15)5-10/h2-7,9,20H,8H2,1H3. The molecular weight excluding hydrogens is 292 g/mol. The van der Waals surface area contributed by atoms with Crippen molar-refractivity contribution in [1.82, 2.24) is 20.0 Å². The predicted molar refractivity (Wildman–Crippen MR) is 76.7 cm³/mol. The zero-order valence-electron chi connectivity index (χ0n) is 11.3. The Kier molecular flexibility index (Phi) is 3.72. The number of hydrogen-bond donors (Lipinski definition) is 1. The molecule has 0 spiro atoms. The van der Waals surface area contributed by atoms with Crippen molar-refractivity contribution in [3.63, 3.8) is 0 Å². The third-order valence-electron chi connectivity index (χ3n) is 2.94. The van der Waals surface area contributed by atoms with Crippen LogP contribution in [0.15, 0.2) is 41.1 Å². The average Bonchev–Trinajstić information content (AvgIpc) is 3.08. The monoisotopic (exact) mass is 304 g/mol. The van der Waals surface area contributed by atoms with Gasteiger partial charge < -0.3 is 9.52 Å². The average molecular weight is 305 g/mol. The molecule has 0 radical (unpaired) electrons. The molecule has 1 atom stereocenters. The molecule has 0 fully saturated rings. The first-order valence-corrected chi connectivity index (χ1v) is 6.78. The van der Waals surface area contributed by atoms with Crippen molar-refractivity contribution < 1.29 is 9.52 Å². The van der Waals surface area contributed by atoms with E-state index in [9.17, 15) is 5.11 Å². The van der Waals surface area contributed by atoms with Crippen LogP contribution in [-0.4, -0.2) is 25.1 Å². The highest BCUT2D eigenvalue weighted by atomic mass is 35.5. The van der Waals surface area contributed by atoms with Crippen LogP contribution >= 0.6 is 11.6 Å². The van der Waals surface area contributed by atoms with Gasteiger partial charge in [-0.2, -0.15) is 0 Å². The van der Waals surface area contributed by atoms with Gasteiger partial charge in [0.15, 0.2) is 5.76 Å². The van der Waals surface area contributed by atoms with Crippen molar-refractivity contribution in [1.29, 1.82) is 0 Å². The Morgan fingerprint density at radius 1 is 1.43 bits per heavy atom. The number of hydrogen-bond acceptors (Lipinski definition) is 5. The van der Waals surface area contributed by atoms with E-state index in [0.29, 0.717) is 28.9 Å². The molecule has 2 aromatic heterocycles. The number of nitrogens with zero attached hydrogens (tertiary/aromatic N) is 4. The normalized spacial score (nSPS) is 12.5. The largest absolute Gasteiger partial charge is 0.439 e. The molecule has 3 aromatic rings. The van der Waals surface area contributed by atoms with Crippen molar-refractivity contribution >= 4 is 11.6 Å². The molecule has 108 valence electrons. The molecule has 2 heterocycles. The molecule has 7 heteroatoms. The molecular formula is C14H13ClN4O2. The third-order valence-corrected chi connectivity index (χ3v) is 3.18. The van der Waals surface area contributed by atoms with Gasteiger partial charge in [-0.25, -0.2) is 9.67 Å². The first kappa shape index (κ1) is 13.8. The molecule has 0 saturated carbocycles. The smallest absolute Gasteiger partial charge is 0.216 e. The molecule has 1 unspecified atom stereocenters. The van der Waals surface area contributed by atoms with E-state index in [1.165, 1.54) is 0 Å². The van der Waals surface area contributed by atoms with Gasteiger partial charge in [0.2, 0.25) is 5.89 Å². The summed E-state index contributed by atoms with van der Waals surface area (Å²) in [5.74, 6) is 1.15. The van der Waals surface area contributed by atoms with Crippen molar-refractivity contribution in [2.45, 2.75) is 19.6 Å². The van der Waals surface area contributed by atoms with E-state index >= 15 is 0 Å². The zero-order valence-corrected chi connectivity index (χ0v) is 12.0. The second-order valence-corrected chi connectivity index (χ2v) is 5.08. The summed E-state index contributed by atoms with van der Waals surface area (Å²) in [6, 6.07) is 7.37. The van der Waals surface area contributed by atoms with Crippen LogP contribution in [0.4, 0.5) is 0 Å². The molecule has 0 aliphatic rings. The molecule has 0 aliphatic carbocycles. The lowest BCUT2D eigenvalue weighted by atomic mass is 10.2. The van der Waals surface area contributed by atoms with E-state index in [2.05, 4.69) is 15.3 Å². The first-order chi connectivity index (χ1) is 10.1. The Labute approximate surface area is 126 Å². The van der Waals surface area contributed by atoms with Crippen LogP contribution < -0.4 is 0 Å². The maximum atomic E-state index is 9.41. The molecule has 21 heavy (non-hydrogen) atoms. The number of oxazole rings is 1. The van der Waals surface area contributed by atoms with E-state index in [-0.39, 0.29) is 0 Å². The van der Waals surface area contributed by atoms with Gasteiger partial charge in [-0.15, -0.1) is 5.10 Å². The zero-order chi connectivity index (χ0) is 14.8. The van der Waals surface area contributed by atoms with E-state index in [1.54, 1.807) is 30.1 Å². The van der Waals surface area contributed by atoms with Crippen LogP contribution in [0.1, 0.15) is 24.6 Å². The molecule has 0 bridgehead atoms. The number of halogens is 1.